The average molecular weight is 298 g/mol. The third kappa shape index (κ3) is 3.62. The number of ether oxygens (including phenoxy) is 5. The molecule has 0 radical (unpaired) electrons. The number of aliphatic hydroxyl groups excluding tert-OH is 5. The van der Waals surface area contributed by atoms with E-state index in [2.05, 4.69) is 0 Å². The van der Waals surface area contributed by atoms with Crippen LogP contribution in [-0.2, 0) is 23.7 Å². The lowest BCUT2D eigenvalue weighted by Crippen LogP contribution is -2.55. The van der Waals surface area contributed by atoms with E-state index in [1.807, 2.05) is 0 Å². The highest BCUT2D eigenvalue weighted by Gasteiger charge is 2.42. The minimum Gasteiger partial charge on any atom is -0.393 e. The molecule has 4 unspecified atom stereocenters. The molecule has 2 saturated heterocycles. The summed E-state index contributed by atoms with van der Waals surface area (Å²) >= 11 is 0. The lowest BCUT2D eigenvalue weighted by molar-refractivity contribution is -0.429. The highest BCUT2D eigenvalue weighted by atomic mass is 16.8. The number of hydrogen-bond acceptors (Lipinski definition) is 10. The number of aliphatic hydroxyl groups is 5. The summed E-state index contributed by atoms with van der Waals surface area (Å²) in [6.45, 7) is -1.12. The summed E-state index contributed by atoms with van der Waals surface area (Å²) in [6, 6.07) is 0. The van der Waals surface area contributed by atoms with E-state index in [1.165, 1.54) is 0 Å². The zero-order valence-electron chi connectivity index (χ0n) is 10.4. The Hall–Kier alpha value is -0.400. The standard InChI is InChI=1S/C10H18O10/c11-1-4-7(14)19-8(15)10(17-4)20-9-5(2-12)16-3-6(13)18-9/h4-15H,1-3H2/t4?,5?,6?,7-,8?,9-,10+/m1/s1. The van der Waals surface area contributed by atoms with Crippen LogP contribution >= 0.6 is 0 Å². The SMILES string of the molecule is OCC1OCC(O)O[C@@H]1O[C@@H]1OC(CO)[C@H](O)OC1O. The van der Waals surface area contributed by atoms with Gasteiger partial charge in [0.2, 0.25) is 12.6 Å². The zero-order valence-corrected chi connectivity index (χ0v) is 10.4. The van der Waals surface area contributed by atoms with Crippen LogP contribution in [0.4, 0.5) is 0 Å². The van der Waals surface area contributed by atoms with E-state index >= 15 is 0 Å². The second kappa shape index (κ2) is 7.04. The van der Waals surface area contributed by atoms with Crippen molar-refractivity contribution in [3.8, 4) is 0 Å². The zero-order chi connectivity index (χ0) is 14.7. The van der Waals surface area contributed by atoms with Gasteiger partial charge in [-0.3, -0.25) is 0 Å². The molecule has 0 aromatic carbocycles. The molecule has 0 amide bonds. The Morgan fingerprint density at radius 1 is 0.850 bits per heavy atom. The van der Waals surface area contributed by atoms with Crippen molar-refractivity contribution in [2.24, 2.45) is 0 Å². The Labute approximate surface area is 114 Å². The van der Waals surface area contributed by atoms with Crippen LogP contribution in [0.2, 0.25) is 0 Å². The molecule has 7 atom stereocenters. The molecular weight excluding hydrogens is 280 g/mol. The van der Waals surface area contributed by atoms with E-state index in [0.29, 0.717) is 0 Å². The van der Waals surface area contributed by atoms with Gasteiger partial charge in [-0.2, -0.15) is 0 Å². The van der Waals surface area contributed by atoms with Crippen molar-refractivity contribution < 1.29 is 49.2 Å². The van der Waals surface area contributed by atoms with Crippen molar-refractivity contribution in [1.82, 2.24) is 0 Å². The molecule has 2 aliphatic rings. The molecule has 5 N–H and O–H groups in total. The van der Waals surface area contributed by atoms with Gasteiger partial charge in [-0.15, -0.1) is 0 Å². The van der Waals surface area contributed by atoms with Gasteiger partial charge in [0.25, 0.3) is 0 Å². The Kier molecular flexibility index (Phi) is 5.63. The van der Waals surface area contributed by atoms with Crippen molar-refractivity contribution in [3.63, 3.8) is 0 Å². The summed E-state index contributed by atoms with van der Waals surface area (Å²) in [5.41, 5.74) is 0. The molecule has 118 valence electrons. The first-order valence-electron chi connectivity index (χ1n) is 6.04. The topological polar surface area (TPSA) is 147 Å². The maximum Gasteiger partial charge on any atom is 0.212 e. The molecule has 2 heterocycles. The third-order valence-corrected chi connectivity index (χ3v) is 2.81. The summed E-state index contributed by atoms with van der Waals surface area (Å²) in [6.07, 6.45) is -8.96. The summed E-state index contributed by atoms with van der Waals surface area (Å²) in [5.74, 6) is 0. The first kappa shape index (κ1) is 16.0. The Bertz CT molecular complexity index is 302. The number of rotatable bonds is 4. The fourth-order valence-corrected chi connectivity index (χ4v) is 1.79. The van der Waals surface area contributed by atoms with Gasteiger partial charge in [-0.05, 0) is 0 Å². The Morgan fingerprint density at radius 2 is 1.55 bits per heavy atom. The molecule has 0 saturated carbocycles. The molecule has 10 heteroatoms. The number of hydrogen-bond donors (Lipinski definition) is 5. The maximum absolute atomic E-state index is 9.57. The van der Waals surface area contributed by atoms with E-state index in [1.54, 1.807) is 0 Å². The quantitative estimate of drug-likeness (QED) is 0.353. The van der Waals surface area contributed by atoms with Crippen molar-refractivity contribution >= 4 is 0 Å². The monoisotopic (exact) mass is 298 g/mol. The normalized spacial score (nSPS) is 46.4. The molecular formula is C10H18O10. The minimum atomic E-state index is -1.63. The van der Waals surface area contributed by atoms with Gasteiger partial charge in [0.1, 0.15) is 12.2 Å². The van der Waals surface area contributed by atoms with Gasteiger partial charge >= 0.3 is 0 Å². The van der Waals surface area contributed by atoms with Crippen LogP contribution in [0.1, 0.15) is 0 Å². The van der Waals surface area contributed by atoms with Crippen molar-refractivity contribution in [2.75, 3.05) is 19.8 Å². The van der Waals surface area contributed by atoms with Gasteiger partial charge in [-0.25, -0.2) is 0 Å². The largest absolute Gasteiger partial charge is 0.393 e. The van der Waals surface area contributed by atoms with E-state index in [9.17, 15) is 15.3 Å². The van der Waals surface area contributed by atoms with Crippen LogP contribution < -0.4 is 0 Å². The Balaban J connectivity index is 1.96. The molecule has 0 bridgehead atoms. The summed E-state index contributed by atoms with van der Waals surface area (Å²) in [7, 11) is 0. The van der Waals surface area contributed by atoms with E-state index in [0.717, 1.165) is 0 Å². The van der Waals surface area contributed by atoms with Gasteiger partial charge in [0, 0.05) is 0 Å². The smallest absolute Gasteiger partial charge is 0.212 e. The fraction of sp³-hybridized carbons (Fsp3) is 1.00. The lowest BCUT2D eigenvalue weighted by Gasteiger charge is -2.40. The van der Waals surface area contributed by atoms with Crippen LogP contribution in [-0.4, -0.2) is 89.0 Å². The van der Waals surface area contributed by atoms with E-state index in [4.69, 9.17) is 33.9 Å². The van der Waals surface area contributed by atoms with Crippen LogP contribution in [0.15, 0.2) is 0 Å². The van der Waals surface area contributed by atoms with Crippen molar-refractivity contribution in [1.29, 1.82) is 0 Å². The molecule has 10 nitrogen and oxygen atoms in total. The second-order valence-electron chi connectivity index (χ2n) is 4.29. The highest BCUT2D eigenvalue weighted by Crippen LogP contribution is 2.23. The average Bonchev–Trinajstić information content (AvgIpc) is 2.42. The first-order valence-corrected chi connectivity index (χ1v) is 6.04. The van der Waals surface area contributed by atoms with E-state index < -0.39 is 56.9 Å². The molecule has 2 rings (SSSR count). The first-order chi connectivity index (χ1) is 9.55. The van der Waals surface area contributed by atoms with Gasteiger partial charge in [0.15, 0.2) is 18.9 Å². The van der Waals surface area contributed by atoms with Crippen LogP contribution in [0.5, 0.6) is 0 Å². The van der Waals surface area contributed by atoms with E-state index in [-0.39, 0.29) is 6.61 Å². The van der Waals surface area contributed by atoms with Crippen LogP contribution in [0.3, 0.4) is 0 Å². The molecule has 0 aromatic heterocycles. The van der Waals surface area contributed by atoms with Gasteiger partial charge < -0.3 is 49.2 Å². The molecule has 0 spiro atoms. The predicted molar refractivity (Wildman–Crippen MR) is 57.6 cm³/mol. The molecule has 2 aliphatic heterocycles. The molecule has 0 aliphatic carbocycles. The summed E-state index contributed by atoms with van der Waals surface area (Å²) < 4.78 is 25.1. The summed E-state index contributed by atoms with van der Waals surface area (Å²) in [5, 5.41) is 46.3. The molecule has 20 heavy (non-hydrogen) atoms. The Morgan fingerprint density at radius 3 is 2.20 bits per heavy atom. The van der Waals surface area contributed by atoms with Crippen LogP contribution in [0.25, 0.3) is 0 Å². The predicted octanol–water partition coefficient (Wildman–Crippen LogP) is -3.57. The van der Waals surface area contributed by atoms with Gasteiger partial charge in [0.05, 0.1) is 19.8 Å². The molecule has 2 fully saturated rings. The third-order valence-electron chi connectivity index (χ3n) is 2.81. The fourth-order valence-electron chi connectivity index (χ4n) is 1.79. The van der Waals surface area contributed by atoms with Crippen LogP contribution in [0, 0.1) is 0 Å². The lowest BCUT2D eigenvalue weighted by atomic mass is 10.3. The molecule has 0 aromatic rings. The highest BCUT2D eigenvalue weighted by molar-refractivity contribution is 4.72. The summed E-state index contributed by atoms with van der Waals surface area (Å²) in [4.78, 5) is 0. The van der Waals surface area contributed by atoms with Gasteiger partial charge in [-0.1, -0.05) is 0 Å². The van der Waals surface area contributed by atoms with Crippen molar-refractivity contribution in [3.05, 3.63) is 0 Å². The second-order valence-corrected chi connectivity index (χ2v) is 4.29. The van der Waals surface area contributed by atoms with Crippen molar-refractivity contribution in [2.45, 2.75) is 43.7 Å². The maximum atomic E-state index is 9.57. The minimum absolute atomic E-state index is 0.131.